The van der Waals surface area contributed by atoms with E-state index in [1.807, 2.05) is 0 Å². The van der Waals surface area contributed by atoms with Gasteiger partial charge in [0, 0.05) is 6.07 Å². The van der Waals surface area contributed by atoms with Crippen LogP contribution in [0.15, 0.2) is 22.1 Å². The monoisotopic (exact) mass is 224 g/mol. The molecule has 2 heterocycles. The molecule has 7 nitrogen and oxygen atoms in total. The molecule has 78 valence electrons. The van der Waals surface area contributed by atoms with Gasteiger partial charge in [-0.1, -0.05) is 16.9 Å². The van der Waals surface area contributed by atoms with Crippen LogP contribution in [0.25, 0.3) is 0 Å². The lowest BCUT2D eigenvalue weighted by molar-refractivity contribution is 0.412. The fourth-order valence-electron chi connectivity index (χ4n) is 0.912. The summed E-state index contributed by atoms with van der Waals surface area (Å²) in [7, 11) is 0. The maximum absolute atomic E-state index is 5.51. The molecule has 0 aromatic carbocycles. The third-order valence-corrected chi connectivity index (χ3v) is 2.33. The number of nitrogens with two attached hydrogens (primary N) is 2. The second-order valence-corrected chi connectivity index (χ2v) is 3.58. The molecule has 0 radical (unpaired) electrons. The molecule has 2 aromatic rings. The van der Waals surface area contributed by atoms with Crippen molar-refractivity contribution in [3.63, 3.8) is 0 Å². The number of anilines is 2. The summed E-state index contributed by atoms with van der Waals surface area (Å²) in [6, 6.07) is 1.50. The molecule has 0 saturated heterocycles. The largest absolute Gasteiger partial charge is 0.383 e. The lowest BCUT2D eigenvalue weighted by Crippen LogP contribution is -1.99. The molecule has 2 rings (SSSR count). The minimum absolute atomic E-state index is 0.345. The summed E-state index contributed by atoms with van der Waals surface area (Å²) in [4.78, 5) is 11.9. The van der Waals surface area contributed by atoms with E-state index >= 15 is 0 Å². The van der Waals surface area contributed by atoms with Crippen LogP contribution in [0.1, 0.15) is 5.82 Å². The van der Waals surface area contributed by atoms with E-state index < -0.39 is 0 Å². The zero-order chi connectivity index (χ0) is 10.7. The quantitative estimate of drug-likeness (QED) is 0.565. The van der Waals surface area contributed by atoms with Gasteiger partial charge in [-0.2, -0.15) is 4.98 Å². The van der Waals surface area contributed by atoms with Gasteiger partial charge in [-0.15, -0.1) is 0 Å². The lowest BCUT2D eigenvalue weighted by Gasteiger charge is -2.00. The number of rotatable bonds is 3. The van der Waals surface area contributed by atoms with E-state index in [2.05, 4.69) is 24.6 Å². The molecule has 0 aliphatic rings. The highest BCUT2D eigenvalue weighted by molar-refractivity contribution is 7.98. The van der Waals surface area contributed by atoms with E-state index in [1.165, 1.54) is 24.2 Å². The van der Waals surface area contributed by atoms with E-state index in [9.17, 15) is 0 Å². The Morgan fingerprint density at radius 2 is 2.00 bits per heavy atom. The molecule has 0 saturated carbocycles. The van der Waals surface area contributed by atoms with Gasteiger partial charge in [0.05, 0.1) is 5.75 Å². The molecule has 8 heteroatoms. The average molecular weight is 224 g/mol. The molecular weight excluding hydrogens is 216 g/mol. The van der Waals surface area contributed by atoms with Crippen LogP contribution in [0.5, 0.6) is 0 Å². The van der Waals surface area contributed by atoms with Crippen LogP contribution < -0.4 is 11.5 Å². The first-order valence-corrected chi connectivity index (χ1v) is 5.00. The van der Waals surface area contributed by atoms with Gasteiger partial charge in [0.2, 0.25) is 6.39 Å². The Labute approximate surface area is 89.3 Å². The number of thioether (sulfide) groups is 1. The van der Waals surface area contributed by atoms with Crippen molar-refractivity contribution < 1.29 is 4.52 Å². The van der Waals surface area contributed by atoms with Crippen molar-refractivity contribution in [2.24, 2.45) is 0 Å². The highest BCUT2D eigenvalue weighted by Gasteiger charge is 2.04. The third-order valence-electron chi connectivity index (χ3n) is 1.48. The fraction of sp³-hybridized carbons (Fsp3) is 0.143. The van der Waals surface area contributed by atoms with Crippen molar-refractivity contribution in [3.05, 3.63) is 18.3 Å². The van der Waals surface area contributed by atoms with Crippen molar-refractivity contribution in [2.45, 2.75) is 10.9 Å². The summed E-state index contributed by atoms with van der Waals surface area (Å²) in [5, 5.41) is 4.15. The van der Waals surface area contributed by atoms with Gasteiger partial charge in [0.25, 0.3) is 0 Å². The Balaban J connectivity index is 2.05. The van der Waals surface area contributed by atoms with Gasteiger partial charge in [-0.3, -0.25) is 0 Å². The molecule has 2 aromatic heterocycles. The summed E-state index contributed by atoms with van der Waals surface area (Å²) in [6.45, 7) is 0. The summed E-state index contributed by atoms with van der Waals surface area (Å²) in [6.07, 6.45) is 1.27. The van der Waals surface area contributed by atoms with Crippen LogP contribution in [0.2, 0.25) is 0 Å². The highest BCUT2D eigenvalue weighted by Crippen LogP contribution is 2.19. The zero-order valence-corrected chi connectivity index (χ0v) is 8.44. The van der Waals surface area contributed by atoms with Crippen LogP contribution in [0.4, 0.5) is 11.6 Å². The van der Waals surface area contributed by atoms with Crippen LogP contribution in [0, 0.1) is 0 Å². The molecular formula is C7H8N6OS. The molecule has 0 aliphatic carbocycles. The lowest BCUT2D eigenvalue weighted by atomic mass is 10.5. The summed E-state index contributed by atoms with van der Waals surface area (Å²) in [5.41, 5.74) is 11.0. The first-order chi connectivity index (χ1) is 7.24. The molecule has 0 unspecified atom stereocenters. The predicted molar refractivity (Wildman–Crippen MR) is 54.7 cm³/mol. The normalized spacial score (nSPS) is 10.4. The Hall–Kier alpha value is -1.83. The number of aromatic nitrogens is 4. The zero-order valence-electron chi connectivity index (χ0n) is 7.62. The maximum atomic E-state index is 5.51. The van der Waals surface area contributed by atoms with Crippen LogP contribution in [-0.4, -0.2) is 20.1 Å². The second-order valence-electron chi connectivity index (χ2n) is 2.64. The van der Waals surface area contributed by atoms with E-state index in [-0.39, 0.29) is 0 Å². The molecule has 15 heavy (non-hydrogen) atoms. The molecule has 0 spiro atoms. The van der Waals surface area contributed by atoms with Crippen molar-refractivity contribution in [1.29, 1.82) is 0 Å². The molecule has 0 bridgehead atoms. The molecule has 0 aliphatic heterocycles. The van der Waals surface area contributed by atoms with Crippen molar-refractivity contribution in [1.82, 2.24) is 20.1 Å². The molecule has 4 N–H and O–H groups in total. The Bertz CT molecular complexity index is 424. The van der Waals surface area contributed by atoms with E-state index in [4.69, 9.17) is 11.5 Å². The number of nitrogens with zero attached hydrogens (tertiary/aromatic N) is 4. The first kappa shape index (κ1) is 9.71. The molecule has 0 atom stereocenters. The Morgan fingerprint density at radius 1 is 1.27 bits per heavy atom. The fourth-order valence-corrected chi connectivity index (χ4v) is 1.64. The van der Waals surface area contributed by atoms with Gasteiger partial charge in [-0.05, 0) is 0 Å². The SMILES string of the molecule is Nc1cc(N)nc(SCc2ncon2)n1. The van der Waals surface area contributed by atoms with Gasteiger partial charge in [0.1, 0.15) is 11.6 Å². The van der Waals surface area contributed by atoms with E-state index in [0.717, 1.165) is 0 Å². The van der Waals surface area contributed by atoms with Gasteiger partial charge >= 0.3 is 0 Å². The minimum atomic E-state index is 0.345. The van der Waals surface area contributed by atoms with E-state index in [0.29, 0.717) is 28.4 Å². The first-order valence-electron chi connectivity index (χ1n) is 4.02. The summed E-state index contributed by atoms with van der Waals surface area (Å²) in [5.74, 6) is 1.78. The smallest absolute Gasteiger partial charge is 0.213 e. The van der Waals surface area contributed by atoms with Crippen molar-refractivity contribution in [2.75, 3.05) is 11.5 Å². The number of hydrogen-bond donors (Lipinski definition) is 2. The van der Waals surface area contributed by atoms with E-state index in [1.54, 1.807) is 0 Å². The van der Waals surface area contributed by atoms with Crippen LogP contribution in [-0.2, 0) is 5.75 Å². The Morgan fingerprint density at radius 3 is 2.60 bits per heavy atom. The second kappa shape index (κ2) is 4.13. The highest BCUT2D eigenvalue weighted by atomic mass is 32.2. The predicted octanol–water partition coefficient (Wildman–Crippen LogP) is 0.316. The van der Waals surface area contributed by atoms with Gasteiger partial charge < -0.3 is 16.0 Å². The Kier molecular flexibility index (Phi) is 2.68. The molecule has 0 amide bonds. The average Bonchev–Trinajstić information content (AvgIpc) is 2.65. The van der Waals surface area contributed by atoms with Crippen molar-refractivity contribution >= 4 is 23.4 Å². The van der Waals surface area contributed by atoms with Crippen molar-refractivity contribution in [3.8, 4) is 0 Å². The minimum Gasteiger partial charge on any atom is -0.383 e. The van der Waals surface area contributed by atoms with Gasteiger partial charge in [0.15, 0.2) is 11.0 Å². The van der Waals surface area contributed by atoms with Gasteiger partial charge in [-0.25, -0.2) is 9.97 Å². The number of hydrogen-bond acceptors (Lipinski definition) is 8. The third kappa shape index (κ3) is 2.56. The number of nitrogen functional groups attached to an aromatic ring is 2. The molecule has 0 fully saturated rings. The topological polar surface area (TPSA) is 117 Å². The van der Waals surface area contributed by atoms with Crippen LogP contribution >= 0.6 is 11.8 Å². The van der Waals surface area contributed by atoms with Crippen LogP contribution in [0.3, 0.4) is 0 Å². The standard InChI is InChI=1S/C7H8N6OS/c8-4-1-5(9)12-7(11-4)15-2-6-10-3-14-13-6/h1,3H,2H2,(H4,8,9,11,12). The summed E-state index contributed by atoms with van der Waals surface area (Å²) >= 11 is 1.34. The summed E-state index contributed by atoms with van der Waals surface area (Å²) < 4.78 is 4.59. The maximum Gasteiger partial charge on any atom is 0.213 e.